The number of ether oxygens (including phenoxy) is 2. The van der Waals surface area contributed by atoms with Crippen molar-refractivity contribution in [2.75, 3.05) is 6.61 Å². The molecule has 0 fully saturated rings. The van der Waals surface area contributed by atoms with Gasteiger partial charge in [0.05, 0.1) is 34.6 Å². The van der Waals surface area contributed by atoms with Gasteiger partial charge in [-0.1, -0.05) is 23.5 Å². The second-order valence-corrected chi connectivity index (χ2v) is 8.83. The predicted octanol–water partition coefficient (Wildman–Crippen LogP) is 2.98. The van der Waals surface area contributed by atoms with Gasteiger partial charge in [0.1, 0.15) is 5.75 Å². The van der Waals surface area contributed by atoms with Crippen LogP contribution in [0.5, 0.6) is 5.75 Å². The molecule has 2 aromatic heterocycles. The number of pyridine rings is 1. The molecule has 4 rings (SSSR count). The molecule has 3 aromatic rings. The van der Waals surface area contributed by atoms with Crippen LogP contribution < -0.4 is 19.6 Å². The van der Waals surface area contributed by atoms with Gasteiger partial charge in [0.15, 0.2) is 4.80 Å². The summed E-state index contributed by atoms with van der Waals surface area (Å²) in [4.78, 5) is 35.8. The summed E-state index contributed by atoms with van der Waals surface area (Å²) < 4.78 is 13.2. The summed E-state index contributed by atoms with van der Waals surface area (Å²) in [5.74, 6) is 0.243. The van der Waals surface area contributed by atoms with Gasteiger partial charge >= 0.3 is 5.97 Å². The van der Waals surface area contributed by atoms with E-state index in [1.165, 1.54) is 11.3 Å². The van der Waals surface area contributed by atoms with E-state index in [1.54, 1.807) is 37.7 Å². The van der Waals surface area contributed by atoms with Crippen molar-refractivity contribution in [1.29, 1.82) is 0 Å². The molecular formula is C25H25N3O4S. The van der Waals surface area contributed by atoms with Crippen LogP contribution in [-0.2, 0) is 9.53 Å². The fourth-order valence-electron chi connectivity index (χ4n) is 3.70. The first-order chi connectivity index (χ1) is 15.9. The van der Waals surface area contributed by atoms with Crippen LogP contribution in [-0.4, -0.2) is 28.2 Å². The summed E-state index contributed by atoms with van der Waals surface area (Å²) >= 11 is 1.29. The Morgan fingerprint density at radius 3 is 2.52 bits per heavy atom. The number of hydrogen-bond acceptors (Lipinski definition) is 7. The van der Waals surface area contributed by atoms with E-state index in [-0.39, 0.29) is 11.7 Å². The highest BCUT2D eigenvalue weighted by Gasteiger charge is 2.33. The summed E-state index contributed by atoms with van der Waals surface area (Å²) in [5, 5.41) is 0. The number of carbonyl (C=O) groups is 1. The van der Waals surface area contributed by atoms with Crippen molar-refractivity contribution in [3.8, 4) is 5.75 Å². The van der Waals surface area contributed by atoms with Gasteiger partial charge in [-0.05, 0) is 69.2 Å². The van der Waals surface area contributed by atoms with E-state index in [9.17, 15) is 9.59 Å². The van der Waals surface area contributed by atoms with Gasteiger partial charge < -0.3 is 9.47 Å². The Bertz CT molecular complexity index is 1370. The van der Waals surface area contributed by atoms with Crippen molar-refractivity contribution >= 4 is 23.4 Å². The Labute approximate surface area is 195 Å². The lowest BCUT2D eigenvalue weighted by atomic mass is 9.96. The van der Waals surface area contributed by atoms with Crippen LogP contribution in [0.3, 0.4) is 0 Å². The molecule has 0 saturated heterocycles. The zero-order valence-electron chi connectivity index (χ0n) is 18.9. The summed E-state index contributed by atoms with van der Waals surface area (Å²) in [5.41, 5.74) is 2.33. The first-order valence-corrected chi connectivity index (χ1v) is 11.6. The summed E-state index contributed by atoms with van der Waals surface area (Å²) in [6, 6.07) is 10.4. The van der Waals surface area contributed by atoms with Crippen LogP contribution in [0.25, 0.3) is 6.08 Å². The maximum absolute atomic E-state index is 13.5. The van der Waals surface area contributed by atoms with E-state index in [1.807, 2.05) is 49.4 Å². The Hall–Kier alpha value is -3.52. The SMILES string of the molecule is CCOc1ccc([C@H]2C(C(=O)OC(C)C)=C(C)N=c3s/c(=C/c4ccncc4)c(=O)n32)cc1. The van der Waals surface area contributed by atoms with Crippen LogP contribution >= 0.6 is 11.3 Å². The fraction of sp³-hybridized carbons (Fsp3) is 0.280. The van der Waals surface area contributed by atoms with Gasteiger partial charge in [-0.25, -0.2) is 9.79 Å². The maximum atomic E-state index is 13.5. The summed E-state index contributed by atoms with van der Waals surface area (Å²) in [6.45, 7) is 7.83. The van der Waals surface area contributed by atoms with Crippen molar-refractivity contribution in [2.45, 2.75) is 39.8 Å². The average molecular weight is 464 g/mol. The van der Waals surface area contributed by atoms with Crippen LogP contribution in [0.1, 0.15) is 44.9 Å². The smallest absolute Gasteiger partial charge is 0.338 e. The second-order valence-electron chi connectivity index (χ2n) is 7.82. The minimum atomic E-state index is -0.650. The molecule has 1 aliphatic heterocycles. The van der Waals surface area contributed by atoms with Crippen LogP contribution in [0.4, 0.5) is 0 Å². The Kier molecular flexibility index (Phi) is 6.55. The molecule has 0 spiro atoms. The average Bonchev–Trinajstić information content (AvgIpc) is 3.08. The lowest BCUT2D eigenvalue weighted by Crippen LogP contribution is -2.40. The molecule has 1 atom stereocenters. The van der Waals surface area contributed by atoms with Gasteiger partial charge in [-0.3, -0.25) is 14.3 Å². The first kappa shape index (κ1) is 22.7. The molecule has 170 valence electrons. The topological polar surface area (TPSA) is 82.8 Å². The van der Waals surface area contributed by atoms with Crippen LogP contribution in [0.2, 0.25) is 0 Å². The lowest BCUT2D eigenvalue weighted by Gasteiger charge is -2.25. The third-order valence-electron chi connectivity index (χ3n) is 5.10. The molecule has 1 aliphatic rings. The highest BCUT2D eigenvalue weighted by molar-refractivity contribution is 7.07. The highest BCUT2D eigenvalue weighted by Crippen LogP contribution is 2.31. The van der Waals surface area contributed by atoms with Crippen molar-refractivity contribution < 1.29 is 14.3 Å². The molecule has 0 unspecified atom stereocenters. The molecule has 7 nitrogen and oxygen atoms in total. The quantitative estimate of drug-likeness (QED) is 0.525. The maximum Gasteiger partial charge on any atom is 0.338 e. The van der Waals surface area contributed by atoms with Gasteiger partial charge in [-0.15, -0.1) is 0 Å². The van der Waals surface area contributed by atoms with E-state index in [0.29, 0.717) is 27.2 Å². The molecule has 3 heterocycles. The van der Waals surface area contributed by atoms with E-state index < -0.39 is 12.0 Å². The number of benzene rings is 1. The molecule has 8 heteroatoms. The molecule has 0 amide bonds. The lowest BCUT2D eigenvalue weighted by molar-refractivity contribution is -0.143. The number of nitrogens with zero attached hydrogens (tertiary/aromatic N) is 3. The molecule has 33 heavy (non-hydrogen) atoms. The summed E-state index contributed by atoms with van der Waals surface area (Å²) in [6.07, 6.45) is 4.87. The largest absolute Gasteiger partial charge is 0.494 e. The standard InChI is InChI=1S/C25H25N3O4S/c1-5-31-19-8-6-18(7-9-19)22-21(24(30)32-15(2)3)16(4)27-25-28(22)23(29)20(33-25)14-17-10-12-26-13-11-17/h6-15,22H,5H2,1-4H3/b20-14+/t22-/m0/s1. The number of carbonyl (C=O) groups excluding carboxylic acids is 1. The Morgan fingerprint density at radius 1 is 1.18 bits per heavy atom. The van der Waals surface area contributed by atoms with Crippen molar-refractivity contribution in [1.82, 2.24) is 9.55 Å². The van der Waals surface area contributed by atoms with Crippen LogP contribution in [0, 0.1) is 0 Å². The number of hydrogen-bond donors (Lipinski definition) is 0. The minimum absolute atomic E-state index is 0.211. The number of aromatic nitrogens is 2. The molecule has 0 N–H and O–H groups in total. The van der Waals surface area contributed by atoms with Crippen molar-refractivity contribution in [2.24, 2.45) is 4.99 Å². The van der Waals surface area contributed by atoms with E-state index in [0.717, 1.165) is 16.9 Å². The van der Waals surface area contributed by atoms with Gasteiger partial charge in [0, 0.05) is 12.4 Å². The second kappa shape index (κ2) is 9.54. The number of esters is 1. The van der Waals surface area contributed by atoms with Gasteiger partial charge in [0.2, 0.25) is 0 Å². The third kappa shape index (κ3) is 4.66. The molecule has 0 bridgehead atoms. The molecule has 0 aliphatic carbocycles. The fourth-order valence-corrected chi connectivity index (χ4v) is 4.75. The number of fused-ring (bicyclic) bond motifs is 1. The molecule has 0 saturated carbocycles. The monoisotopic (exact) mass is 463 g/mol. The first-order valence-electron chi connectivity index (χ1n) is 10.8. The van der Waals surface area contributed by atoms with E-state index in [4.69, 9.17) is 9.47 Å². The predicted molar refractivity (Wildman–Crippen MR) is 127 cm³/mol. The molecular weight excluding hydrogens is 438 g/mol. The van der Waals surface area contributed by atoms with Gasteiger partial charge in [-0.2, -0.15) is 0 Å². The minimum Gasteiger partial charge on any atom is -0.494 e. The third-order valence-corrected chi connectivity index (χ3v) is 6.08. The van der Waals surface area contributed by atoms with Crippen LogP contribution in [0.15, 0.2) is 69.8 Å². The zero-order valence-corrected chi connectivity index (χ0v) is 19.8. The normalized spacial score (nSPS) is 15.9. The van der Waals surface area contributed by atoms with Crippen molar-refractivity contribution in [3.63, 3.8) is 0 Å². The number of rotatable bonds is 6. The van der Waals surface area contributed by atoms with Gasteiger partial charge in [0.25, 0.3) is 5.56 Å². The molecule has 1 aromatic carbocycles. The molecule has 0 radical (unpaired) electrons. The zero-order chi connectivity index (χ0) is 23.5. The number of thiazole rings is 1. The van der Waals surface area contributed by atoms with Crippen molar-refractivity contribution in [3.05, 3.63) is 90.9 Å². The number of allylic oxidation sites excluding steroid dienone is 1. The Balaban J connectivity index is 1.91. The summed E-state index contributed by atoms with van der Waals surface area (Å²) in [7, 11) is 0. The highest BCUT2D eigenvalue weighted by atomic mass is 32.1. The Morgan fingerprint density at radius 2 is 1.88 bits per heavy atom. The van der Waals surface area contributed by atoms with E-state index in [2.05, 4.69) is 9.98 Å². The van der Waals surface area contributed by atoms with E-state index >= 15 is 0 Å².